The Hall–Kier alpha value is -1.89. The number of hydrogen-bond donors (Lipinski definition) is 2. The molecule has 1 unspecified atom stereocenters. The molecule has 1 aromatic heterocycles. The van der Waals surface area contributed by atoms with Gasteiger partial charge in [-0.25, -0.2) is 14.8 Å². The highest BCUT2D eigenvalue weighted by Crippen LogP contribution is 2.27. The number of piperidine rings is 1. The van der Waals surface area contributed by atoms with E-state index in [-0.39, 0.29) is 12.5 Å². The van der Waals surface area contributed by atoms with Gasteiger partial charge in [0, 0.05) is 32.3 Å². The van der Waals surface area contributed by atoms with E-state index >= 15 is 0 Å². The summed E-state index contributed by atoms with van der Waals surface area (Å²) >= 11 is 0. The third kappa shape index (κ3) is 2.99. The number of rotatable bonds is 4. The molecule has 7 nitrogen and oxygen atoms in total. The highest BCUT2D eigenvalue weighted by Gasteiger charge is 2.32. The Morgan fingerprint density at radius 3 is 2.77 bits per heavy atom. The Morgan fingerprint density at radius 2 is 2.00 bits per heavy atom. The van der Waals surface area contributed by atoms with Gasteiger partial charge in [0.1, 0.15) is 24.0 Å². The largest absolute Gasteiger partial charge is 0.480 e. The van der Waals surface area contributed by atoms with Gasteiger partial charge in [-0.3, -0.25) is 0 Å². The Labute approximate surface area is 129 Å². The molecule has 0 spiro atoms. The number of carbonyl (C=O) groups is 1. The SMILES string of the molecule is O=C(O)[C@H]1CCCN1c1cc(N2CCCC(CO)C2)ncn1. The van der Waals surface area contributed by atoms with E-state index in [4.69, 9.17) is 0 Å². The lowest BCUT2D eigenvalue weighted by Crippen LogP contribution is -2.38. The summed E-state index contributed by atoms with van der Waals surface area (Å²) in [6.45, 7) is 2.61. The summed E-state index contributed by atoms with van der Waals surface area (Å²) in [4.78, 5) is 23.9. The molecular formula is C15H22N4O3. The van der Waals surface area contributed by atoms with Gasteiger partial charge in [0.15, 0.2) is 0 Å². The van der Waals surface area contributed by atoms with Gasteiger partial charge in [-0.1, -0.05) is 0 Å². The van der Waals surface area contributed by atoms with Crippen LogP contribution in [0.1, 0.15) is 25.7 Å². The zero-order valence-corrected chi connectivity index (χ0v) is 12.6. The van der Waals surface area contributed by atoms with Crippen LogP contribution in [0, 0.1) is 5.92 Å². The minimum absolute atomic E-state index is 0.196. The minimum Gasteiger partial charge on any atom is -0.480 e. The number of aliphatic hydroxyl groups is 1. The Bertz CT molecular complexity index is 539. The van der Waals surface area contributed by atoms with Crippen molar-refractivity contribution in [1.29, 1.82) is 0 Å². The van der Waals surface area contributed by atoms with Crippen molar-refractivity contribution in [3.05, 3.63) is 12.4 Å². The molecule has 2 aliphatic heterocycles. The molecule has 7 heteroatoms. The monoisotopic (exact) mass is 306 g/mol. The molecule has 3 rings (SSSR count). The molecule has 2 fully saturated rings. The Morgan fingerprint density at radius 1 is 1.23 bits per heavy atom. The highest BCUT2D eigenvalue weighted by atomic mass is 16.4. The number of aliphatic hydroxyl groups excluding tert-OH is 1. The van der Waals surface area contributed by atoms with Crippen molar-refractivity contribution in [1.82, 2.24) is 9.97 Å². The lowest BCUT2D eigenvalue weighted by molar-refractivity contribution is -0.138. The predicted molar refractivity (Wildman–Crippen MR) is 82.1 cm³/mol. The zero-order valence-electron chi connectivity index (χ0n) is 12.6. The Balaban J connectivity index is 1.79. The molecule has 2 saturated heterocycles. The van der Waals surface area contributed by atoms with Crippen LogP contribution < -0.4 is 9.80 Å². The number of carboxylic acids is 1. The zero-order chi connectivity index (χ0) is 15.5. The van der Waals surface area contributed by atoms with E-state index in [1.54, 1.807) is 0 Å². The topological polar surface area (TPSA) is 89.8 Å². The van der Waals surface area contributed by atoms with E-state index < -0.39 is 12.0 Å². The maximum Gasteiger partial charge on any atom is 0.326 e. The Kier molecular flexibility index (Phi) is 4.42. The molecule has 0 saturated carbocycles. The van der Waals surface area contributed by atoms with Gasteiger partial charge in [0.05, 0.1) is 0 Å². The van der Waals surface area contributed by atoms with Crippen LogP contribution in [0.2, 0.25) is 0 Å². The van der Waals surface area contributed by atoms with Gasteiger partial charge >= 0.3 is 5.97 Å². The molecule has 120 valence electrons. The van der Waals surface area contributed by atoms with Crippen LogP contribution in [-0.2, 0) is 4.79 Å². The first kappa shape index (κ1) is 15.0. The van der Waals surface area contributed by atoms with Crippen molar-refractivity contribution in [2.75, 3.05) is 36.0 Å². The van der Waals surface area contributed by atoms with Gasteiger partial charge in [-0.2, -0.15) is 0 Å². The second-order valence-electron chi connectivity index (χ2n) is 6.06. The summed E-state index contributed by atoms with van der Waals surface area (Å²) in [7, 11) is 0. The van der Waals surface area contributed by atoms with Gasteiger partial charge in [-0.15, -0.1) is 0 Å². The normalized spacial score (nSPS) is 25.5. The first-order chi connectivity index (χ1) is 10.7. The molecule has 2 atom stereocenters. The number of anilines is 2. The standard InChI is InChI=1S/C15H22N4O3/c20-9-11-3-1-5-18(8-11)13-7-14(17-10-16-13)19-6-2-4-12(19)15(21)22/h7,10-12,20H,1-6,8-9H2,(H,21,22)/t11?,12-/m1/s1. The lowest BCUT2D eigenvalue weighted by atomic mass is 9.99. The van der Waals surface area contributed by atoms with Crippen molar-refractivity contribution in [3.8, 4) is 0 Å². The van der Waals surface area contributed by atoms with Crippen molar-refractivity contribution in [2.45, 2.75) is 31.7 Å². The van der Waals surface area contributed by atoms with E-state index in [0.717, 1.165) is 38.2 Å². The van der Waals surface area contributed by atoms with Crippen molar-refractivity contribution in [2.24, 2.45) is 5.92 Å². The molecule has 2 N–H and O–H groups in total. The maximum absolute atomic E-state index is 11.3. The summed E-state index contributed by atoms with van der Waals surface area (Å²) in [5.41, 5.74) is 0. The predicted octanol–water partition coefficient (Wildman–Crippen LogP) is 0.739. The third-order valence-electron chi connectivity index (χ3n) is 4.57. The fraction of sp³-hybridized carbons (Fsp3) is 0.667. The fourth-order valence-electron chi connectivity index (χ4n) is 3.39. The molecule has 3 heterocycles. The summed E-state index contributed by atoms with van der Waals surface area (Å²) in [6.07, 6.45) is 5.10. The van der Waals surface area contributed by atoms with Gasteiger partial charge < -0.3 is 20.0 Å². The van der Waals surface area contributed by atoms with Crippen LogP contribution >= 0.6 is 0 Å². The second kappa shape index (κ2) is 6.48. The fourth-order valence-corrected chi connectivity index (χ4v) is 3.39. The maximum atomic E-state index is 11.3. The lowest BCUT2D eigenvalue weighted by Gasteiger charge is -2.33. The average Bonchev–Trinajstić information content (AvgIpc) is 3.05. The number of aromatic nitrogens is 2. The van der Waals surface area contributed by atoms with Crippen molar-refractivity contribution in [3.63, 3.8) is 0 Å². The molecule has 0 bridgehead atoms. The number of nitrogens with zero attached hydrogens (tertiary/aromatic N) is 4. The first-order valence-electron chi connectivity index (χ1n) is 7.86. The summed E-state index contributed by atoms with van der Waals surface area (Å²) < 4.78 is 0. The minimum atomic E-state index is -0.795. The van der Waals surface area contributed by atoms with E-state index in [9.17, 15) is 15.0 Å². The van der Waals surface area contributed by atoms with E-state index in [2.05, 4.69) is 14.9 Å². The van der Waals surface area contributed by atoms with Crippen molar-refractivity contribution >= 4 is 17.6 Å². The number of aliphatic carboxylic acids is 1. The van der Waals surface area contributed by atoms with E-state index in [1.807, 2.05) is 11.0 Å². The average molecular weight is 306 g/mol. The number of carboxylic acid groups (broad SMARTS) is 1. The highest BCUT2D eigenvalue weighted by molar-refractivity contribution is 5.78. The van der Waals surface area contributed by atoms with Crippen LogP contribution in [0.3, 0.4) is 0 Å². The van der Waals surface area contributed by atoms with Crippen LogP contribution in [0.4, 0.5) is 11.6 Å². The first-order valence-corrected chi connectivity index (χ1v) is 7.86. The van der Waals surface area contributed by atoms with Crippen molar-refractivity contribution < 1.29 is 15.0 Å². The van der Waals surface area contributed by atoms with Crippen LogP contribution in [-0.4, -0.2) is 58.4 Å². The van der Waals surface area contributed by atoms with E-state index in [1.165, 1.54) is 6.33 Å². The van der Waals surface area contributed by atoms with Gasteiger partial charge in [0.25, 0.3) is 0 Å². The molecule has 1 aromatic rings. The summed E-state index contributed by atoms with van der Waals surface area (Å²) in [5.74, 6) is 0.988. The third-order valence-corrected chi connectivity index (χ3v) is 4.57. The summed E-state index contributed by atoms with van der Waals surface area (Å²) in [6, 6.07) is 1.38. The molecular weight excluding hydrogens is 284 g/mol. The molecule has 0 radical (unpaired) electrons. The molecule has 2 aliphatic rings. The molecule has 0 aliphatic carbocycles. The van der Waals surface area contributed by atoms with Crippen LogP contribution in [0.25, 0.3) is 0 Å². The molecule has 0 aromatic carbocycles. The van der Waals surface area contributed by atoms with E-state index in [0.29, 0.717) is 18.8 Å². The van der Waals surface area contributed by atoms with Gasteiger partial charge in [-0.05, 0) is 31.6 Å². The molecule has 0 amide bonds. The smallest absolute Gasteiger partial charge is 0.326 e. The second-order valence-corrected chi connectivity index (χ2v) is 6.06. The quantitative estimate of drug-likeness (QED) is 0.848. The number of hydrogen-bond acceptors (Lipinski definition) is 6. The summed E-state index contributed by atoms with van der Waals surface area (Å²) in [5, 5.41) is 18.7. The van der Waals surface area contributed by atoms with Gasteiger partial charge in [0.2, 0.25) is 0 Å². The van der Waals surface area contributed by atoms with Crippen LogP contribution in [0.5, 0.6) is 0 Å². The molecule has 22 heavy (non-hydrogen) atoms. The van der Waals surface area contributed by atoms with Crippen LogP contribution in [0.15, 0.2) is 12.4 Å².